The lowest BCUT2D eigenvalue weighted by Crippen LogP contribution is -2.41. The minimum atomic E-state index is -3.82. The molecule has 3 rings (SSSR count). The molecule has 2 aromatic carbocycles. The summed E-state index contributed by atoms with van der Waals surface area (Å²) >= 11 is 0. The fraction of sp³-hybridized carbons (Fsp3) is 0.458. The molecule has 0 bridgehead atoms. The van der Waals surface area contributed by atoms with Crippen LogP contribution in [-0.2, 0) is 26.0 Å². The van der Waals surface area contributed by atoms with E-state index in [-0.39, 0.29) is 24.5 Å². The van der Waals surface area contributed by atoms with Crippen molar-refractivity contribution in [2.75, 3.05) is 26.4 Å². The van der Waals surface area contributed by atoms with Crippen molar-refractivity contribution in [3.05, 3.63) is 53.1 Å². The summed E-state index contributed by atoms with van der Waals surface area (Å²) < 4.78 is 45.2. The number of carbonyl (C=O) groups excluding carboxylic acids is 1. The maximum atomic E-state index is 13.6. The molecule has 32 heavy (non-hydrogen) atoms. The highest BCUT2D eigenvalue weighted by Crippen LogP contribution is 2.42. The van der Waals surface area contributed by atoms with Crippen LogP contribution in [0.3, 0.4) is 0 Å². The number of carbonyl (C=O) groups is 1. The predicted octanol–water partition coefficient (Wildman–Crippen LogP) is 4.03. The molecule has 1 atom stereocenters. The highest BCUT2D eigenvalue weighted by atomic mass is 32.2. The number of hydrogen-bond acceptors (Lipinski definition) is 6. The molecule has 0 N–H and O–H groups in total. The molecule has 0 fully saturated rings. The summed E-state index contributed by atoms with van der Waals surface area (Å²) in [6.07, 6.45) is 0.428. The van der Waals surface area contributed by atoms with Crippen LogP contribution in [0.2, 0.25) is 0 Å². The third-order valence-electron chi connectivity index (χ3n) is 5.41. The fourth-order valence-corrected chi connectivity index (χ4v) is 5.55. The van der Waals surface area contributed by atoms with Crippen LogP contribution in [0.1, 0.15) is 49.9 Å². The summed E-state index contributed by atoms with van der Waals surface area (Å²) in [4.78, 5) is 12.7. The molecule has 1 aliphatic heterocycles. The van der Waals surface area contributed by atoms with Gasteiger partial charge in [-0.05, 0) is 69.5 Å². The van der Waals surface area contributed by atoms with Gasteiger partial charge < -0.3 is 14.2 Å². The van der Waals surface area contributed by atoms with Gasteiger partial charge in [-0.1, -0.05) is 17.7 Å². The van der Waals surface area contributed by atoms with E-state index in [2.05, 4.69) is 0 Å². The quantitative estimate of drug-likeness (QED) is 0.525. The Balaban J connectivity index is 2.09. The maximum Gasteiger partial charge on any atom is 0.307 e. The van der Waals surface area contributed by atoms with Crippen LogP contribution < -0.4 is 9.47 Å². The molecular weight excluding hydrogens is 430 g/mol. The third kappa shape index (κ3) is 5.07. The summed E-state index contributed by atoms with van der Waals surface area (Å²) in [6, 6.07) is 9.76. The van der Waals surface area contributed by atoms with E-state index in [9.17, 15) is 13.2 Å². The Kier molecular flexibility index (Phi) is 7.79. The molecule has 2 aromatic rings. The van der Waals surface area contributed by atoms with Crippen molar-refractivity contribution in [2.45, 2.75) is 51.5 Å². The lowest BCUT2D eigenvalue weighted by molar-refractivity contribution is -0.144. The molecule has 0 saturated heterocycles. The Morgan fingerprint density at radius 3 is 2.22 bits per heavy atom. The first-order valence-electron chi connectivity index (χ1n) is 11.0. The summed E-state index contributed by atoms with van der Waals surface area (Å²) in [5.74, 6) is 0.718. The van der Waals surface area contributed by atoms with E-state index in [1.807, 2.05) is 32.9 Å². The number of esters is 1. The van der Waals surface area contributed by atoms with Crippen molar-refractivity contribution in [2.24, 2.45) is 0 Å². The molecule has 1 heterocycles. The lowest BCUT2D eigenvalue weighted by Gasteiger charge is -2.36. The minimum absolute atomic E-state index is 0.0779. The highest BCUT2D eigenvalue weighted by molar-refractivity contribution is 7.89. The highest BCUT2D eigenvalue weighted by Gasteiger charge is 2.38. The summed E-state index contributed by atoms with van der Waals surface area (Å²) in [5.41, 5.74) is 2.66. The number of nitrogens with zero attached hydrogens (tertiary/aromatic N) is 1. The van der Waals surface area contributed by atoms with Crippen LogP contribution in [0.25, 0.3) is 0 Å². The van der Waals surface area contributed by atoms with Crippen LogP contribution in [0.4, 0.5) is 0 Å². The number of ether oxygens (including phenoxy) is 3. The second kappa shape index (κ2) is 10.4. The Morgan fingerprint density at radius 2 is 1.62 bits per heavy atom. The smallest absolute Gasteiger partial charge is 0.307 e. The van der Waals surface area contributed by atoms with Gasteiger partial charge in [0.1, 0.15) is 0 Å². The second-order valence-electron chi connectivity index (χ2n) is 7.57. The first kappa shape index (κ1) is 24.1. The van der Waals surface area contributed by atoms with Gasteiger partial charge in [0.05, 0.1) is 37.2 Å². The van der Waals surface area contributed by atoms with Gasteiger partial charge in [-0.2, -0.15) is 4.31 Å². The number of sulfonamides is 1. The van der Waals surface area contributed by atoms with Gasteiger partial charge in [-0.3, -0.25) is 4.79 Å². The largest absolute Gasteiger partial charge is 0.490 e. The minimum Gasteiger partial charge on any atom is -0.490 e. The number of aryl methyl sites for hydroxylation is 1. The Bertz CT molecular complexity index is 1050. The zero-order valence-corrected chi connectivity index (χ0v) is 19.9. The third-order valence-corrected chi connectivity index (χ3v) is 7.33. The Hall–Kier alpha value is -2.58. The van der Waals surface area contributed by atoms with Crippen LogP contribution in [0.5, 0.6) is 11.5 Å². The van der Waals surface area contributed by atoms with E-state index < -0.39 is 22.0 Å². The molecule has 0 spiro atoms. The lowest BCUT2D eigenvalue weighted by atomic mass is 9.91. The number of benzene rings is 2. The van der Waals surface area contributed by atoms with Gasteiger partial charge in [-0.15, -0.1) is 0 Å². The van der Waals surface area contributed by atoms with Gasteiger partial charge in [0.25, 0.3) is 0 Å². The normalized spacial score (nSPS) is 16.3. The average molecular weight is 462 g/mol. The van der Waals surface area contributed by atoms with E-state index in [1.54, 1.807) is 31.2 Å². The van der Waals surface area contributed by atoms with E-state index in [4.69, 9.17) is 14.2 Å². The number of fused-ring (bicyclic) bond motifs is 1. The first-order chi connectivity index (χ1) is 15.3. The molecule has 0 radical (unpaired) electrons. The van der Waals surface area contributed by atoms with Crippen LogP contribution in [-0.4, -0.2) is 45.1 Å². The molecule has 8 heteroatoms. The zero-order valence-electron chi connectivity index (χ0n) is 19.1. The molecule has 0 aliphatic carbocycles. The topological polar surface area (TPSA) is 82.1 Å². The van der Waals surface area contributed by atoms with E-state index in [0.717, 1.165) is 16.7 Å². The van der Waals surface area contributed by atoms with Gasteiger partial charge >= 0.3 is 5.97 Å². The molecule has 0 amide bonds. The standard InChI is InChI=1S/C24H31NO6S/c1-5-29-22-14-18-12-13-25(32(27,28)19-10-8-17(4)9-11-19)21(16-24(26)31-7-3)20(18)15-23(22)30-6-2/h8-11,14-15,21H,5-7,12-13,16H2,1-4H3/t21-/m1/s1. The number of rotatable bonds is 9. The van der Waals surface area contributed by atoms with Crippen molar-refractivity contribution in [3.8, 4) is 11.5 Å². The maximum absolute atomic E-state index is 13.6. The molecule has 0 saturated carbocycles. The van der Waals surface area contributed by atoms with Crippen LogP contribution in [0, 0.1) is 6.92 Å². The number of hydrogen-bond donors (Lipinski definition) is 0. The van der Waals surface area contributed by atoms with E-state index in [1.165, 1.54) is 4.31 Å². The monoisotopic (exact) mass is 461 g/mol. The molecule has 0 aromatic heterocycles. The zero-order chi connectivity index (χ0) is 23.3. The van der Waals surface area contributed by atoms with Crippen molar-refractivity contribution in [1.29, 1.82) is 0 Å². The summed E-state index contributed by atoms with van der Waals surface area (Å²) in [7, 11) is -3.82. The molecule has 1 aliphatic rings. The van der Waals surface area contributed by atoms with Gasteiger partial charge in [-0.25, -0.2) is 8.42 Å². The molecule has 174 valence electrons. The van der Waals surface area contributed by atoms with Crippen LogP contribution in [0.15, 0.2) is 41.3 Å². The second-order valence-corrected chi connectivity index (χ2v) is 9.46. The Labute approximate surface area is 190 Å². The molecule has 0 unspecified atom stereocenters. The van der Waals surface area contributed by atoms with Crippen molar-refractivity contribution in [3.63, 3.8) is 0 Å². The van der Waals surface area contributed by atoms with Gasteiger partial charge in [0.2, 0.25) is 10.0 Å². The van der Waals surface area contributed by atoms with Crippen molar-refractivity contribution in [1.82, 2.24) is 4.31 Å². The summed E-state index contributed by atoms with van der Waals surface area (Å²) in [6.45, 7) is 8.82. The average Bonchev–Trinajstić information content (AvgIpc) is 2.75. The van der Waals surface area contributed by atoms with E-state index in [0.29, 0.717) is 31.1 Å². The predicted molar refractivity (Wildman–Crippen MR) is 122 cm³/mol. The molecular formula is C24H31NO6S. The summed E-state index contributed by atoms with van der Waals surface area (Å²) in [5, 5.41) is 0. The fourth-order valence-electron chi connectivity index (χ4n) is 3.95. The SMILES string of the molecule is CCOC(=O)C[C@@H]1c2cc(OCC)c(OCC)cc2CCN1S(=O)(=O)c1ccc(C)cc1. The van der Waals surface area contributed by atoms with Crippen LogP contribution >= 0.6 is 0 Å². The van der Waals surface area contributed by atoms with Gasteiger partial charge in [0.15, 0.2) is 11.5 Å². The van der Waals surface area contributed by atoms with Gasteiger partial charge in [0, 0.05) is 6.54 Å². The van der Waals surface area contributed by atoms with Crippen molar-refractivity contribution >= 4 is 16.0 Å². The Morgan fingerprint density at radius 1 is 1.00 bits per heavy atom. The van der Waals surface area contributed by atoms with Crippen molar-refractivity contribution < 1.29 is 27.4 Å². The molecule has 7 nitrogen and oxygen atoms in total. The van der Waals surface area contributed by atoms with E-state index >= 15 is 0 Å². The first-order valence-corrected chi connectivity index (χ1v) is 12.4.